The average molecular weight is 1040 g/mol. The Balaban J connectivity index is 1.02. The third-order valence-electron chi connectivity index (χ3n) is 21.6. The molecule has 4 atom stereocenters. The van der Waals surface area contributed by atoms with E-state index in [0.29, 0.717) is 35.5 Å². The van der Waals surface area contributed by atoms with Crippen LogP contribution in [-0.2, 0) is 0 Å². The first-order chi connectivity index (χ1) is 39.2. The third kappa shape index (κ3) is 6.62. The molecule has 0 aliphatic heterocycles. The molecule has 8 aliphatic carbocycles. The monoisotopic (exact) mass is 1040 g/mol. The highest BCUT2D eigenvalue weighted by Crippen LogP contribution is 2.64. The van der Waals surface area contributed by atoms with Crippen LogP contribution in [0.5, 0.6) is 0 Å². The van der Waals surface area contributed by atoms with Gasteiger partial charge in [0.05, 0.1) is 22.7 Å². The SMILES string of the molecule is CC(C)c1ccc(N(c2cc3c4c(cc5c(N(c6ccc(C(C)C)cc6)c6cccc7c6oc6ccccc67)cc6c7c(cc2c4c57)C2CC4CC(CC6C4)C2)C2CC4CC(CC3C4)C2)c2cccc3c2oc2ccccc23)cc1. The fourth-order valence-electron chi connectivity index (χ4n) is 18.3. The maximum absolute atomic E-state index is 7.12. The molecule has 0 N–H and O–H groups in total. The van der Waals surface area contributed by atoms with Crippen molar-refractivity contribution in [3.63, 3.8) is 0 Å². The molecular weight excluding hydrogens is 973 g/mol. The summed E-state index contributed by atoms with van der Waals surface area (Å²) >= 11 is 0. The van der Waals surface area contributed by atoms with Crippen molar-refractivity contribution < 1.29 is 8.83 Å². The zero-order valence-electron chi connectivity index (χ0n) is 46.6. The van der Waals surface area contributed by atoms with Gasteiger partial charge in [0.25, 0.3) is 0 Å². The van der Waals surface area contributed by atoms with E-state index in [1.54, 1.807) is 33.0 Å². The first-order valence-electron chi connectivity index (χ1n) is 30.7. The summed E-state index contributed by atoms with van der Waals surface area (Å²) in [5, 5.41) is 13.6. The Morgan fingerprint density at radius 3 is 1.05 bits per heavy atom. The number of benzene rings is 10. The van der Waals surface area contributed by atoms with E-state index in [1.165, 1.54) is 130 Å². The Kier molecular flexibility index (Phi) is 9.82. The standard InChI is InChI=1S/C76H68N2O2/c1-41(2)47-19-23-53(24-20-47)77(65-15-9-13-57-55-11-5-7-17-69(55)79-75(57)65)67-39-61-51-33-43-27-44(34-51)32-50(31-43)60-38-64-68(40-62-52-35-45-28-46(36-52)30-49(29-45)59-37-63(67)73(71(60)61)74(64)72(59)62)78(54-25-21-48(22-26-54)42(3)4)66-16-10-14-58-56-12-6-8-18-70(56)80-76(58)66/h5-26,37-46,49-52H,27-36H2,1-4H3. The van der Waals surface area contributed by atoms with E-state index < -0.39 is 0 Å². The highest BCUT2D eigenvalue weighted by atomic mass is 16.3. The second-order valence-corrected chi connectivity index (χ2v) is 26.8. The van der Waals surface area contributed by atoms with Gasteiger partial charge in [0.2, 0.25) is 0 Å². The number of fused-ring (bicyclic) bond motifs is 6. The molecule has 0 saturated heterocycles. The molecule has 4 nitrogen and oxygen atoms in total. The van der Waals surface area contributed by atoms with Crippen LogP contribution in [0, 0.1) is 23.7 Å². The number of hydrogen-bond acceptors (Lipinski definition) is 4. The smallest absolute Gasteiger partial charge is 0.159 e. The Morgan fingerprint density at radius 1 is 0.325 bits per heavy atom. The molecule has 4 heteroatoms. The van der Waals surface area contributed by atoms with Crippen molar-refractivity contribution >= 4 is 110 Å². The van der Waals surface area contributed by atoms with Crippen LogP contribution in [0.1, 0.15) is 161 Å². The first-order valence-corrected chi connectivity index (χ1v) is 30.7. The minimum absolute atomic E-state index is 0.425. The molecule has 2 aromatic heterocycles. The van der Waals surface area contributed by atoms with Crippen LogP contribution in [0.4, 0.5) is 34.1 Å². The summed E-state index contributed by atoms with van der Waals surface area (Å²) in [4.78, 5) is 5.31. The van der Waals surface area contributed by atoms with E-state index in [0.717, 1.165) is 68.2 Å². The van der Waals surface area contributed by atoms with Crippen molar-refractivity contribution in [3.05, 3.63) is 191 Å². The van der Waals surface area contributed by atoms with Gasteiger partial charge in [-0.25, -0.2) is 0 Å². The van der Waals surface area contributed by atoms with Crippen molar-refractivity contribution in [2.45, 2.75) is 127 Å². The maximum Gasteiger partial charge on any atom is 0.159 e. The molecule has 8 aliphatic rings. The van der Waals surface area contributed by atoms with Crippen LogP contribution in [0.2, 0.25) is 0 Å². The highest BCUT2D eigenvalue weighted by Gasteiger charge is 2.45. The summed E-state index contributed by atoms with van der Waals surface area (Å²) in [6.07, 6.45) is 13.1. The van der Waals surface area contributed by atoms with Crippen LogP contribution in [0.15, 0.2) is 167 Å². The average Bonchev–Trinajstić information content (AvgIpc) is 2.55. The highest BCUT2D eigenvalue weighted by molar-refractivity contribution is 6.32. The molecule has 2 heterocycles. The van der Waals surface area contributed by atoms with E-state index in [1.807, 2.05) is 0 Å². The summed E-state index contributed by atoms with van der Waals surface area (Å²) < 4.78 is 14.2. The maximum atomic E-state index is 7.12. The molecule has 80 heavy (non-hydrogen) atoms. The van der Waals surface area contributed by atoms with Gasteiger partial charge in [0.1, 0.15) is 11.2 Å². The molecule has 8 bridgehead atoms. The molecule has 394 valence electrons. The van der Waals surface area contributed by atoms with Gasteiger partial charge in [-0.3, -0.25) is 0 Å². The number of anilines is 6. The first kappa shape index (κ1) is 46.2. The molecule has 10 aromatic carbocycles. The Labute approximate surface area is 468 Å². The van der Waals surface area contributed by atoms with Gasteiger partial charge in [-0.05, 0) is 240 Å². The lowest BCUT2D eigenvalue weighted by atomic mass is 9.57. The fraction of sp³-hybridized carbons (Fsp3) is 0.316. The molecular formula is C76H68N2O2. The largest absolute Gasteiger partial charge is 0.454 e. The number of rotatable bonds is 8. The van der Waals surface area contributed by atoms with Gasteiger partial charge >= 0.3 is 0 Å². The number of hydrogen-bond donors (Lipinski definition) is 0. The van der Waals surface area contributed by atoms with E-state index in [-0.39, 0.29) is 0 Å². The number of para-hydroxylation sites is 4. The molecule has 0 amide bonds. The van der Waals surface area contributed by atoms with Gasteiger partial charge in [0, 0.05) is 54.5 Å². The van der Waals surface area contributed by atoms with Crippen LogP contribution in [-0.4, -0.2) is 0 Å². The molecule has 20 rings (SSSR count). The second-order valence-electron chi connectivity index (χ2n) is 26.8. The van der Waals surface area contributed by atoms with Crippen LogP contribution in [0.25, 0.3) is 76.2 Å². The summed E-state index contributed by atoms with van der Waals surface area (Å²) in [6, 6.07) is 61.3. The van der Waals surface area contributed by atoms with E-state index in [2.05, 4.69) is 195 Å². The summed E-state index contributed by atoms with van der Waals surface area (Å²) in [6.45, 7) is 9.26. The van der Waals surface area contributed by atoms with E-state index >= 15 is 0 Å². The zero-order valence-corrected chi connectivity index (χ0v) is 46.6. The van der Waals surface area contributed by atoms with Gasteiger partial charge in [0.15, 0.2) is 11.2 Å². The van der Waals surface area contributed by atoms with Crippen molar-refractivity contribution in [1.82, 2.24) is 0 Å². The normalized spacial score (nSPS) is 23.7. The van der Waals surface area contributed by atoms with Gasteiger partial charge in [-0.15, -0.1) is 0 Å². The Bertz CT molecular complexity index is 4200. The van der Waals surface area contributed by atoms with Crippen molar-refractivity contribution in [2.75, 3.05) is 9.80 Å². The van der Waals surface area contributed by atoms with Crippen molar-refractivity contribution in [2.24, 2.45) is 23.7 Å². The zero-order chi connectivity index (χ0) is 52.8. The predicted molar refractivity (Wildman–Crippen MR) is 333 cm³/mol. The number of nitrogens with zero attached hydrogens (tertiary/aromatic N) is 2. The van der Waals surface area contributed by atoms with E-state index in [4.69, 9.17) is 8.83 Å². The molecule has 0 spiro atoms. The number of furan rings is 2. The van der Waals surface area contributed by atoms with Gasteiger partial charge in [-0.2, -0.15) is 0 Å². The Morgan fingerprint density at radius 2 is 0.675 bits per heavy atom. The summed E-state index contributed by atoms with van der Waals surface area (Å²) in [7, 11) is 0. The quantitative estimate of drug-likeness (QED) is 0.142. The van der Waals surface area contributed by atoms with Crippen LogP contribution >= 0.6 is 0 Å². The van der Waals surface area contributed by atoms with Gasteiger partial charge < -0.3 is 18.6 Å². The second kappa shape index (κ2) is 17.0. The molecule has 4 unspecified atom stereocenters. The van der Waals surface area contributed by atoms with E-state index in [9.17, 15) is 0 Å². The third-order valence-corrected chi connectivity index (χ3v) is 21.6. The minimum Gasteiger partial charge on any atom is -0.454 e. The lowest BCUT2D eigenvalue weighted by Gasteiger charge is -2.48. The lowest BCUT2D eigenvalue weighted by Crippen LogP contribution is -2.32. The fourth-order valence-corrected chi connectivity index (χ4v) is 18.3. The van der Waals surface area contributed by atoms with Gasteiger partial charge in [-0.1, -0.05) is 113 Å². The van der Waals surface area contributed by atoms with Crippen LogP contribution in [0.3, 0.4) is 0 Å². The molecule has 4 fully saturated rings. The summed E-state index contributed by atoms with van der Waals surface area (Å²) in [5.74, 6) is 5.83. The molecule has 4 saturated carbocycles. The lowest BCUT2D eigenvalue weighted by molar-refractivity contribution is 0.149. The predicted octanol–water partition coefficient (Wildman–Crippen LogP) is 22.4. The minimum atomic E-state index is 0.425. The summed E-state index contributed by atoms with van der Waals surface area (Å²) in [5.41, 5.74) is 20.0. The van der Waals surface area contributed by atoms with Crippen LogP contribution < -0.4 is 9.80 Å². The Hall–Kier alpha value is -7.56. The topological polar surface area (TPSA) is 32.8 Å². The molecule has 0 radical (unpaired) electrons. The molecule has 12 aromatic rings. The van der Waals surface area contributed by atoms with Crippen molar-refractivity contribution in [3.8, 4) is 0 Å². The van der Waals surface area contributed by atoms with Crippen molar-refractivity contribution in [1.29, 1.82) is 0 Å².